The molecule has 0 fully saturated rings. The fourth-order valence-electron chi connectivity index (χ4n) is 2.92. The van der Waals surface area contributed by atoms with Crippen molar-refractivity contribution in [3.05, 3.63) is 72.9 Å². The van der Waals surface area contributed by atoms with Crippen molar-refractivity contribution in [3.8, 4) is 0 Å². The van der Waals surface area contributed by atoms with E-state index in [0.717, 1.165) is 51.4 Å². The lowest BCUT2D eigenvalue weighted by Crippen LogP contribution is -2.27. The third-order valence-corrected chi connectivity index (χ3v) is 5.88. The highest BCUT2D eigenvalue weighted by atomic mass is 31.2. The van der Waals surface area contributed by atoms with Crippen LogP contribution in [-0.2, 0) is 23.1 Å². The molecule has 0 heterocycles. The quantitative estimate of drug-likeness (QED) is 0.0554. The Labute approximate surface area is 229 Å². The first-order valence-corrected chi connectivity index (χ1v) is 15.0. The van der Waals surface area contributed by atoms with Crippen LogP contribution in [0.25, 0.3) is 0 Å². The van der Waals surface area contributed by atoms with E-state index in [-0.39, 0.29) is 19.6 Å². The first kappa shape index (κ1) is 35.9. The molecule has 9 heteroatoms. The van der Waals surface area contributed by atoms with E-state index in [1.165, 1.54) is 0 Å². The van der Waals surface area contributed by atoms with Gasteiger partial charge in [0.1, 0.15) is 6.10 Å². The summed E-state index contributed by atoms with van der Waals surface area (Å²) in [5, 5.41) is 9.28. The number of ether oxygens (including phenoxy) is 1. The molecule has 0 aromatic rings. The van der Waals surface area contributed by atoms with Crippen molar-refractivity contribution in [2.75, 3.05) is 26.4 Å². The number of phosphoric acid groups is 1. The molecule has 4 N–H and O–H groups in total. The molecule has 0 aromatic carbocycles. The Morgan fingerprint density at radius 2 is 1.32 bits per heavy atom. The normalized spacial score (nSPS) is 15.2. The smallest absolute Gasteiger partial charge is 0.457 e. The molecule has 0 rings (SSSR count). The summed E-state index contributed by atoms with van der Waals surface area (Å²) in [7, 11) is -4.28. The number of aliphatic hydroxyl groups excluding tert-OH is 1. The molecular formula is C29H48NO7P. The van der Waals surface area contributed by atoms with Crippen LogP contribution in [0.4, 0.5) is 0 Å². The van der Waals surface area contributed by atoms with Crippen molar-refractivity contribution >= 4 is 13.8 Å². The Morgan fingerprint density at radius 3 is 1.79 bits per heavy atom. The number of rotatable bonds is 24. The molecule has 216 valence electrons. The average molecular weight is 554 g/mol. The topological polar surface area (TPSA) is 128 Å². The lowest BCUT2D eigenvalue weighted by atomic mass is 10.2. The minimum Gasteiger partial charge on any atom is -0.457 e. The third kappa shape index (κ3) is 25.6. The van der Waals surface area contributed by atoms with Gasteiger partial charge < -0.3 is 20.5 Å². The Bertz CT molecular complexity index is 803. The van der Waals surface area contributed by atoms with Gasteiger partial charge >= 0.3 is 13.8 Å². The first-order chi connectivity index (χ1) is 18.4. The van der Waals surface area contributed by atoms with Crippen molar-refractivity contribution in [2.45, 2.75) is 77.2 Å². The molecule has 0 radical (unpaired) electrons. The summed E-state index contributed by atoms with van der Waals surface area (Å²) in [6.45, 7) is 1.08. The molecule has 38 heavy (non-hydrogen) atoms. The van der Waals surface area contributed by atoms with Crippen LogP contribution in [0.15, 0.2) is 72.9 Å². The molecule has 0 saturated carbocycles. The van der Waals surface area contributed by atoms with E-state index in [1.807, 2.05) is 0 Å². The van der Waals surface area contributed by atoms with E-state index >= 15 is 0 Å². The second-order valence-corrected chi connectivity index (χ2v) is 9.80. The fourth-order valence-corrected chi connectivity index (χ4v) is 3.69. The van der Waals surface area contributed by atoms with Crippen molar-refractivity contribution < 1.29 is 33.1 Å². The molecule has 0 amide bonds. The Morgan fingerprint density at radius 1 is 0.816 bits per heavy atom. The van der Waals surface area contributed by atoms with Crippen molar-refractivity contribution in [2.24, 2.45) is 5.73 Å². The number of hydrogen-bond donors (Lipinski definition) is 3. The summed E-state index contributed by atoms with van der Waals surface area (Å²) >= 11 is 0. The Hall–Kier alpha value is -2.06. The fraction of sp³-hybridized carbons (Fsp3) is 0.552. The highest BCUT2D eigenvalue weighted by Crippen LogP contribution is 2.42. The van der Waals surface area contributed by atoms with Crippen molar-refractivity contribution in [3.63, 3.8) is 0 Å². The van der Waals surface area contributed by atoms with Gasteiger partial charge in [0.25, 0.3) is 0 Å². The molecule has 2 atom stereocenters. The van der Waals surface area contributed by atoms with Gasteiger partial charge in [0.05, 0.1) is 19.8 Å². The highest BCUT2D eigenvalue weighted by molar-refractivity contribution is 7.47. The standard InChI is InChI=1S/C29H48NO7P/c1-2-3-4-5-6-7-8-9-10-11-12-13-14-15-16-17-18-19-20-21-22-23-29(32)37-28(26-31)27-36-38(33,34)35-25-24-30/h3-4,6-7,9-10,12-13,15-16,18-19,28,31H,2,5,8,11,14,17,20-27,30H2,1H3,(H,33,34). The Kier molecular flexibility index (Phi) is 25.1. The van der Waals surface area contributed by atoms with Crippen LogP contribution in [0.5, 0.6) is 0 Å². The maximum absolute atomic E-state index is 11.9. The summed E-state index contributed by atoms with van der Waals surface area (Å²) in [6.07, 6.45) is 33.3. The predicted molar refractivity (Wildman–Crippen MR) is 154 cm³/mol. The number of aliphatic hydroxyl groups is 1. The molecular weight excluding hydrogens is 505 g/mol. The number of hydrogen-bond acceptors (Lipinski definition) is 7. The lowest BCUT2D eigenvalue weighted by Gasteiger charge is -2.17. The SMILES string of the molecule is CCC=CCC=CCC=CCC=CCC=CCC=CCCCCC(=O)OC(CO)COP(=O)(O)OCCN. The van der Waals surface area contributed by atoms with E-state index in [0.29, 0.717) is 6.42 Å². The summed E-state index contributed by atoms with van der Waals surface area (Å²) in [6, 6.07) is 0. The first-order valence-electron chi connectivity index (χ1n) is 13.5. The number of unbranched alkanes of at least 4 members (excludes halogenated alkanes) is 2. The molecule has 0 aliphatic heterocycles. The van der Waals surface area contributed by atoms with Crippen molar-refractivity contribution in [1.29, 1.82) is 0 Å². The monoisotopic (exact) mass is 553 g/mol. The zero-order chi connectivity index (χ0) is 28.2. The summed E-state index contributed by atoms with van der Waals surface area (Å²) < 4.78 is 25.9. The van der Waals surface area contributed by atoms with Gasteiger partial charge in [0, 0.05) is 13.0 Å². The maximum Gasteiger partial charge on any atom is 0.472 e. The van der Waals surface area contributed by atoms with Crippen LogP contribution in [0.2, 0.25) is 0 Å². The van der Waals surface area contributed by atoms with Gasteiger partial charge in [-0.3, -0.25) is 13.8 Å². The molecule has 0 bridgehead atoms. The zero-order valence-electron chi connectivity index (χ0n) is 22.9. The van der Waals surface area contributed by atoms with Gasteiger partial charge in [-0.15, -0.1) is 0 Å². The van der Waals surface area contributed by atoms with Gasteiger partial charge in [-0.1, -0.05) is 79.8 Å². The Balaban J connectivity index is 3.79. The molecule has 0 aliphatic carbocycles. The summed E-state index contributed by atoms with van der Waals surface area (Å²) in [4.78, 5) is 21.3. The van der Waals surface area contributed by atoms with Crippen LogP contribution in [0, 0.1) is 0 Å². The van der Waals surface area contributed by atoms with Gasteiger partial charge in [-0.05, 0) is 57.8 Å². The van der Waals surface area contributed by atoms with Crippen LogP contribution in [0.3, 0.4) is 0 Å². The van der Waals surface area contributed by atoms with Gasteiger partial charge in [-0.2, -0.15) is 0 Å². The largest absolute Gasteiger partial charge is 0.472 e. The van der Waals surface area contributed by atoms with E-state index in [2.05, 4.69) is 84.4 Å². The molecule has 0 saturated heterocycles. The van der Waals surface area contributed by atoms with Crippen molar-refractivity contribution in [1.82, 2.24) is 0 Å². The minimum absolute atomic E-state index is 0.0604. The van der Waals surface area contributed by atoms with Gasteiger partial charge in [-0.25, -0.2) is 4.57 Å². The number of carbonyl (C=O) groups is 1. The number of esters is 1. The second-order valence-electron chi connectivity index (χ2n) is 8.34. The van der Waals surface area contributed by atoms with Gasteiger partial charge in [0.15, 0.2) is 0 Å². The number of allylic oxidation sites excluding steroid dienone is 12. The molecule has 0 aromatic heterocycles. The summed E-state index contributed by atoms with van der Waals surface area (Å²) in [5.74, 6) is -0.494. The van der Waals surface area contributed by atoms with E-state index in [9.17, 15) is 19.4 Å². The highest BCUT2D eigenvalue weighted by Gasteiger charge is 2.24. The van der Waals surface area contributed by atoms with Crippen LogP contribution in [-0.4, -0.2) is 48.4 Å². The predicted octanol–water partition coefficient (Wildman–Crippen LogP) is 6.24. The summed E-state index contributed by atoms with van der Waals surface area (Å²) in [5.41, 5.74) is 5.19. The molecule has 8 nitrogen and oxygen atoms in total. The van der Waals surface area contributed by atoms with E-state index in [1.54, 1.807) is 0 Å². The molecule has 0 spiro atoms. The van der Waals surface area contributed by atoms with E-state index in [4.69, 9.17) is 15.0 Å². The van der Waals surface area contributed by atoms with E-state index < -0.39 is 33.1 Å². The maximum atomic E-state index is 11.9. The minimum atomic E-state index is -4.28. The average Bonchev–Trinajstić information content (AvgIpc) is 2.90. The number of phosphoric ester groups is 1. The molecule has 2 unspecified atom stereocenters. The molecule has 0 aliphatic rings. The van der Waals surface area contributed by atoms with Crippen LogP contribution < -0.4 is 5.73 Å². The van der Waals surface area contributed by atoms with Crippen LogP contribution >= 0.6 is 7.82 Å². The van der Waals surface area contributed by atoms with Gasteiger partial charge in [0.2, 0.25) is 0 Å². The zero-order valence-corrected chi connectivity index (χ0v) is 23.8. The lowest BCUT2D eigenvalue weighted by molar-refractivity contribution is -0.153. The van der Waals surface area contributed by atoms with Crippen LogP contribution in [0.1, 0.15) is 71.1 Å². The number of carbonyl (C=O) groups excluding carboxylic acids is 1. The second kappa shape index (κ2) is 26.5. The third-order valence-electron chi connectivity index (χ3n) is 4.90. The number of nitrogens with two attached hydrogens (primary N) is 1.